The van der Waals surface area contributed by atoms with Crippen LogP contribution in [0.1, 0.15) is 11.1 Å². The topological polar surface area (TPSA) is 44.5 Å². The van der Waals surface area contributed by atoms with Crippen molar-refractivity contribution < 1.29 is 9.47 Å². The Kier molecular flexibility index (Phi) is 4.29. The summed E-state index contributed by atoms with van der Waals surface area (Å²) in [6.07, 6.45) is 0. The van der Waals surface area contributed by atoms with Gasteiger partial charge in [-0.25, -0.2) is 0 Å². The van der Waals surface area contributed by atoms with Crippen LogP contribution in [0.5, 0.6) is 11.5 Å². The molecule has 2 aromatic carbocycles. The molecular formula is C16H19NO2. The maximum atomic E-state index is 5.69. The monoisotopic (exact) mass is 257 g/mol. The summed E-state index contributed by atoms with van der Waals surface area (Å²) in [4.78, 5) is 0. The second-order valence-corrected chi connectivity index (χ2v) is 4.54. The molecule has 3 nitrogen and oxygen atoms in total. The fourth-order valence-electron chi connectivity index (χ4n) is 1.85. The summed E-state index contributed by atoms with van der Waals surface area (Å²) in [5, 5.41) is 0. The van der Waals surface area contributed by atoms with Crippen molar-refractivity contribution in [1.82, 2.24) is 0 Å². The normalized spacial score (nSPS) is 10.2. The molecule has 19 heavy (non-hydrogen) atoms. The lowest BCUT2D eigenvalue weighted by molar-refractivity contribution is 0.216. The molecule has 100 valence electrons. The molecule has 2 N–H and O–H groups in total. The second-order valence-electron chi connectivity index (χ2n) is 4.54. The van der Waals surface area contributed by atoms with Gasteiger partial charge in [-0.15, -0.1) is 0 Å². The predicted octanol–water partition coefficient (Wildman–Crippen LogP) is 3.34. The number of anilines is 1. The molecule has 0 unspecified atom stereocenters. The van der Waals surface area contributed by atoms with Crippen LogP contribution in [0, 0.1) is 13.8 Å². The molecule has 0 spiro atoms. The third-order valence-corrected chi connectivity index (χ3v) is 2.80. The first-order valence-electron chi connectivity index (χ1n) is 6.33. The highest BCUT2D eigenvalue weighted by Gasteiger charge is 2.00. The first-order valence-corrected chi connectivity index (χ1v) is 6.33. The number of rotatable bonds is 5. The Balaban J connectivity index is 1.81. The van der Waals surface area contributed by atoms with E-state index in [9.17, 15) is 0 Å². The lowest BCUT2D eigenvalue weighted by Crippen LogP contribution is -2.09. The molecule has 0 fully saturated rings. The molecule has 0 aliphatic carbocycles. The van der Waals surface area contributed by atoms with Gasteiger partial charge < -0.3 is 15.2 Å². The molecule has 0 saturated carbocycles. The van der Waals surface area contributed by atoms with Crippen molar-refractivity contribution in [3.63, 3.8) is 0 Å². The van der Waals surface area contributed by atoms with Gasteiger partial charge in [-0.05, 0) is 55.3 Å². The Hall–Kier alpha value is -2.16. The van der Waals surface area contributed by atoms with E-state index in [2.05, 4.69) is 0 Å². The van der Waals surface area contributed by atoms with Crippen LogP contribution in [0.4, 0.5) is 5.69 Å². The van der Waals surface area contributed by atoms with Gasteiger partial charge in [0.15, 0.2) is 0 Å². The van der Waals surface area contributed by atoms with Crippen LogP contribution < -0.4 is 15.2 Å². The van der Waals surface area contributed by atoms with Gasteiger partial charge in [-0.2, -0.15) is 0 Å². The van der Waals surface area contributed by atoms with Crippen molar-refractivity contribution in [3.8, 4) is 11.5 Å². The van der Waals surface area contributed by atoms with Crippen LogP contribution in [0.25, 0.3) is 0 Å². The van der Waals surface area contributed by atoms with Crippen LogP contribution in [0.3, 0.4) is 0 Å². The van der Waals surface area contributed by atoms with Gasteiger partial charge in [0.05, 0.1) is 0 Å². The van der Waals surface area contributed by atoms with Gasteiger partial charge in [0.1, 0.15) is 24.7 Å². The Morgan fingerprint density at radius 2 is 1.74 bits per heavy atom. The lowest BCUT2D eigenvalue weighted by Gasteiger charge is -2.11. The number of aryl methyl sites for hydroxylation is 2. The molecule has 0 radical (unpaired) electrons. The number of nitrogens with two attached hydrogens (primary N) is 1. The minimum absolute atomic E-state index is 0.513. The first-order chi connectivity index (χ1) is 9.15. The van der Waals surface area contributed by atoms with E-state index in [0.717, 1.165) is 22.7 Å². The van der Waals surface area contributed by atoms with Crippen LogP contribution in [-0.2, 0) is 0 Å². The smallest absolute Gasteiger partial charge is 0.122 e. The number of hydrogen-bond acceptors (Lipinski definition) is 3. The van der Waals surface area contributed by atoms with E-state index >= 15 is 0 Å². The quantitative estimate of drug-likeness (QED) is 0.660. The van der Waals surface area contributed by atoms with E-state index < -0.39 is 0 Å². The van der Waals surface area contributed by atoms with Crippen molar-refractivity contribution in [3.05, 3.63) is 53.6 Å². The van der Waals surface area contributed by atoms with Crippen molar-refractivity contribution in [2.75, 3.05) is 18.9 Å². The molecule has 0 amide bonds. The zero-order valence-corrected chi connectivity index (χ0v) is 11.3. The number of nitrogen functional groups attached to an aromatic ring is 1. The molecule has 0 saturated heterocycles. The third kappa shape index (κ3) is 3.91. The highest BCUT2D eigenvalue weighted by Crippen LogP contribution is 2.20. The zero-order chi connectivity index (χ0) is 13.7. The SMILES string of the molecule is Cc1cccc(OCCOc2ccc(N)cc2C)c1. The van der Waals surface area contributed by atoms with Crippen LogP contribution in [0.15, 0.2) is 42.5 Å². The number of benzene rings is 2. The van der Waals surface area contributed by atoms with Gasteiger partial charge >= 0.3 is 0 Å². The predicted molar refractivity (Wildman–Crippen MR) is 77.8 cm³/mol. The van der Waals surface area contributed by atoms with E-state index in [1.54, 1.807) is 0 Å². The minimum Gasteiger partial charge on any atom is -0.490 e. The number of hydrogen-bond donors (Lipinski definition) is 1. The number of ether oxygens (including phenoxy) is 2. The van der Waals surface area contributed by atoms with E-state index in [1.165, 1.54) is 5.56 Å². The van der Waals surface area contributed by atoms with Gasteiger partial charge in [0, 0.05) is 5.69 Å². The molecular weight excluding hydrogens is 238 g/mol. The molecule has 0 atom stereocenters. The fourth-order valence-corrected chi connectivity index (χ4v) is 1.85. The van der Waals surface area contributed by atoms with Crippen molar-refractivity contribution in [2.45, 2.75) is 13.8 Å². The Labute approximate surface area is 114 Å². The van der Waals surface area contributed by atoms with E-state index in [1.807, 2.05) is 56.3 Å². The average Bonchev–Trinajstić information content (AvgIpc) is 2.37. The van der Waals surface area contributed by atoms with Crippen molar-refractivity contribution in [2.24, 2.45) is 0 Å². The zero-order valence-electron chi connectivity index (χ0n) is 11.3. The standard InChI is InChI=1S/C16H19NO2/c1-12-4-3-5-15(10-12)18-8-9-19-16-7-6-14(17)11-13(16)2/h3-7,10-11H,8-9,17H2,1-2H3. The first kappa shape index (κ1) is 13.3. The molecule has 2 aromatic rings. The van der Waals surface area contributed by atoms with Gasteiger partial charge in [0.2, 0.25) is 0 Å². The third-order valence-electron chi connectivity index (χ3n) is 2.80. The molecule has 0 heterocycles. The summed E-state index contributed by atoms with van der Waals surface area (Å²) in [5.74, 6) is 1.72. The molecule has 3 heteroatoms. The largest absolute Gasteiger partial charge is 0.490 e. The van der Waals surface area contributed by atoms with E-state index in [4.69, 9.17) is 15.2 Å². The van der Waals surface area contributed by atoms with Crippen LogP contribution in [0.2, 0.25) is 0 Å². The highest BCUT2D eigenvalue weighted by atomic mass is 16.5. The Morgan fingerprint density at radius 1 is 0.947 bits per heavy atom. The maximum Gasteiger partial charge on any atom is 0.122 e. The highest BCUT2D eigenvalue weighted by molar-refractivity contribution is 5.47. The van der Waals surface area contributed by atoms with Crippen molar-refractivity contribution >= 4 is 5.69 Å². The molecule has 0 bridgehead atoms. The van der Waals surface area contributed by atoms with Gasteiger partial charge in [-0.3, -0.25) is 0 Å². The van der Waals surface area contributed by atoms with Crippen LogP contribution in [-0.4, -0.2) is 13.2 Å². The summed E-state index contributed by atoms with van der Waals surface area (Å²) < 4.78 is 11.3. The molecule has 2 rings (SSSR count). The Bertz CT molecular complexity index is 552. The molecule has 0 aliphatic heterocycles. The molecule has 0 aliphatic rings. The van der Waals surface area contributed by atoms with Crippen molar-refractivity contribution in [1.29, 1.82) is 0 Å². The van der Waals surface area contributed by atoms with Gasteiger partial charge in [-0.1, -0.05) is 12.1 Å². The van der Waals surface area contributed by atoms with Crippen LogP contribution >= 0.6 is 0 Å². The second kappa shape index (κ2) is 6.14. The molecule has 0 aromatic heterocycles. The fraction of sp³-hybridized carbons (Fsp3) is 0.250. The van der Waals surface area contributed by atoms with E-state index in [-0.39, 0.29) is 0 Å². The maximum absolute atomic E-state index is 5.69. The van der Waals surface area contributed by atoms with E-state index in [0.29, 0.717) is 13.2 Å². The summed E-state index contributed by atoms with van der Waals surface area (Å²) in [5.41, 5.74) is 8.67. The summed E-state index contributed by atoms with van der Waals surface area (Å²) in [6.45, 7) is 5.06. The minimum atomic E-state index is 0.513. The summed E-state index contributed by atoms with van der Waals surface area (Å²) in [7, 11) is 0. The summed E-state index contributed by atoms with van der Waals surface area (Å²) in [6, 6.07) is 13.6. The average molecular weight is 257 g/mol. The summed E-state index contributed by atoms with van der Waals surface area (Å²) >= 11 is 0. The Morgan fingerprint density at radius 3 is 2.47 bits per heavy atom. The lowest BCUT2D eigenvalue weighted by atomic mass is 10.2. The van der Waals surface area contributed by atoms with Gasteiger partial charge in [0.25, 0.3) is 0 Å².